The molecule has 0 bridgehead atoms. The van der Waals surface area contributed by atoms with Gasteiger partial charge in [0, 0.05) is 6.54 Å². The highest BCUT2D eigenvalue weighted by atomic mass is 32.3. The molecule has 0 aliphatic carbocycles. The molecular formula is C13H19N2O6S3. The average Bonchev–Trinajstić information content (AvgIpc) is 2.70. The Hall–Kier alpha value is -1.04. The van der Waals surface area contributed by atoms with Gasteiger partial charge in [0.1, 0.15) is 15.1 Å². The van der Waals surface area contributed by atoms with Crippen molar-refractivity contribution in [1.82, 2.24) is 4.90 Å². The van der Waals surface area contributed by atoms with Crippen molar-refractivity contribution < 1.29 is 26.4 Å². The number of amides is 1. The van der Waals surface area contributed by atoms with E-state index in [9.17, 15) is 21.6 Å². The number of rotatable bonds is 4. The van der Waals surface area contributed by atoms with E-state index in [0.29, 0.717) is 17.3 Å². The second-order valence-corrected chi connectivity index (χ2v) is 10.8. The molecule has 0 fully saturated rings. The number of thioether (sulfide) groups is 1. The largest absolute Gasteiger partial charge is 0.442 e. The van der Waals surface area contributed by atoms with Gasteiger partial charge >= 0.3 is 6.09 Å². The lowest BCUT2D eigenvalue weighted by Crippen LogP contribution is -2.41. The van der Waals surface area contributed by atoms with Gasteiger partial charge < -0.3 is 4.74 Å². The molecule has 135 valence electrons. The molecule has 0 saturated carbocycles. The lowest BCUT2D eigenvalue weighted by atomic mass is 10.0. The summed E-state index contributed by atoms with van der Waals surface area (Å²) >= 11 is 0.630. The minimum atomic E-state index is -4.11. The standard InChI is InChI=1S/C13H19N2O6S3/c1-4-15(13(16)21-5-2)10-7-11(24(14,19)20)22-12-9(10)6-8(3)23(12,17)18/h5,7-8,10H,4,6H2,1-3H3,(H2,14,19,20)/t8-,10-/m0/s1. The summed E-state index contributed by atoms with van der Waals surface area (Å²) in [6.45, 7) is 6.19. The third-order valence-electron chi connectivity index (χ3n) is 3.81. The number of hydrogen-bond donors (Lipinski definition) is 1. The molecule has 0 spiro atoms. The number of carbonyl (C=O) groups is 1. The van der Waals surface area contributed by atoms with Crippen LogP contribution in [0, 0.1) is 6.61 Å². The van der Waals surface area contributed by atoms with Crippen LogP contribution in [0.3, 0.4) is 0 Å². The first-order valence-corrected chi connectivity index (χ1v) is 11.1. The van der Waals surface area contributed by atoms with E-state index in [1.54, 1.807) is 13.8 Å². The molecule has 0 saturated heterocycles. The van der Waals surface area contributed by atoms with Crippen LogP contribution in [-0.4, -0.2) is 45.7 Å². The lowest BCUT2D eigenvalue weighted by Gasteiger charge is -2.31. The second kappa shape index (κ2) is 6.70. The molecule has 8 nitrogen and oxygen atoms in total. The van der Waals surface area contributed by atoms with Gasteiger partial charge in [-0.3, -0.25) is 4.90 Å². The summed E-state index contributed by atoms with van der Waals surface area (Å²) in [5.74, 6) is 0. The van der Waals surface area contributed by atoms with Crippen LogP contribution < -0.4 is 5.14 Å². The van der Waals surface area contributed by atoms with Gasteiger partial charge in [0.2, 0.25) is 10.0 Å². The molecule has 24 heavy (non-hydrogen) atoms. The maximum Gasteiger partial charge on any atom is 0.410 e. The monoisotopic (exact) mass is 395 g/mol. The lowest BCUT2D eigenvalue weighted by molar-refractivity contribution is 0.122. The minimum Gasteiger partial charge on any atom is -0.442 e. The summed E-state index contributed by atoms with van der Waals surface area (Å²) in [4.78, 5) is 13.4. The summed E-state index contributed by atoms with van der Waals surface area (Å²) in [7, 11) is -7.74. The molecule has 2 aliphatic rings. The molecule has 1 radical (unpaired) electrons. The maximum absolute atomic E-state index is 12.5. The fraction of sp³-hybridized carbons (Fsp3) is 0.538. The Morgan fingerprint density at radius 3 is 2.67 bits per heavy atom. The predicted molar refractivity (Wildman–Crippen MR) is 91.4 cm³/mol. The molecule has 2 atom stereocenters. The van der Waals surface area contributed by atoms with Gasteiger partial charge in [-0.15, -0.1) is 0 Å². The summed E-state index contributed by atoms with van der Waals surface area (Å²) in [6, 6.07) is -0.827. The van der Waals surface area contributed by atoms with Crippen LogP contribution in [0.25, 0.3) is 0 Å². The van der Waals surface area contributed by atoms with E-state index < -0.39 is 37.2 Å². The van der Waals surface area contributed by atoms with E-state index in [1.807, 2.05) is 0 Å². The minimum absolute atomic E-state index is 0.0294. The number of nitrogens with zero attached hydrogens (tertiary/aromatic N) is 1. The van der Waals surface area contributed by atoms with Crippen molar-refractivity contribution in [2.24, 2.45) is 5.14 Å². The third-order valence-corrected chi connectivity index (χ3v) is 9.19. The highest BCUT2D eigenvalue weighted by molar-refractivity contribution is 8.27. The second-order valence-electron chi connectivity index (χ2n) is 5.36. The highest BCUT2D eigenvalue weighted by Gasteiger charge is 2.45. The Kier molecular flexibility index (Phi) is 5.38. The molecule has 2 heterocycles. The number of hydrogen-bond acceptors (Lipinski definition) is 7. The average molecular weight is 396 g/mol. The van der Waals surface area contributed by atoms with Gasteiger partial charge in [0.25, 0.3) is 0 Å². The smallest absolute Gasteiger partial charge is 0.410 e. The molecular weight excluding hydrogens is 376 g/mol. The molecule has 0 unspecified atom stereocenters. The number of sulfone groups is 1. The number of carbonyl (C=O) groups excluding carboxylic acids is 1. The zero-order valence-corrected chi connectivity index (χ0v) is 15.9. The Morgan fingerprint density at radius 1 is 1.54 bits per heavy atom. The van der Waals surface area contributed by atoms with Crippen molar-refractivity contribution >= 4 is 37.7 Å². The Balaban J connectivity index is 2.58. The van der Waals surface area contributed by atoms with E-state index >= 15 is 0 Å². The van der Waals surface area contributed by atoms with Crippen LogP contribution in [0.15, 0.2) is 20.1 Å². The van der Waals surface area contributed by atoms with Gasteiger partial charge in [0.05, 0.1) is 11.3 Å². The van der Waals surface area contributed by atoms with Gasteiger partial charge in [-0.25, -0.2) is 26.8 Å². The van der Waals surface area contributed by atoms with Crippen LogP contribution in [-0.2, 0) is 24.6 Å². The molecule has 2 aliphatic heterocycles. The molecule has 0 aromatic rings. The normalized spacial score (nSPS) is 25.9. The zero-order chi connectivity index (χ0) is 18.3. The maximum atomic E-state index is 12.5. The summed E-state index contributed by atoms with van der Waals surface area (Å²) in [5, 5.41) is 4.50. The number of primary sulfonamides is 1. The summed E-state index contributed by atoms with van der Waals surface area (Å²) in [5.41, 5.74) is 0.495. The molecule has 11 heteroatoms. The van der Waals surface area contributed by atoms with Crippen molar-refractivity contribution in [3.63, 3.8) is 0 Å². The van der Waals surface area contributed by atoms with Crippen molar-refractivity contribution in [2.75, 3.05) is 6.54 Å². The quantitative estimate of drug-likeness (QED) is 0.760. The van der Waals surface area contributed by atoms with Crippen molar-refractivity contribution in [3.8, 4) is 0 Å². The van der Waals surface area contributed by atoms with Gasteiger partial charge in [-0.05, 0) is 38.8 Å². The van der Waals surface area contributed by atoms with Crippen molar-refractivity contribution in [1.29, 1.82) is 0 Å². The highest BCUT2D eigenvalue weighted by Crippen LogP contribution is 2.48. The van der Waals surface area contributed by atoms with E-state index in [2.05, 4.69) is 0 Å². The van der Waals surface area contributed by atoms with Crippen LogP contribution in [0.4, 0.5) is 4.79 Å². The number of nitrogens with two attached hydrogens (primary N) is 1. The molecule has 2 N–H and O–H groups in total. The fourth-order valence-electron chi connectivity index (χ4n) is 2.63. The van der Waals surface area contributed by atoms with Crippen LogP contribution >= 0.6 is 11.8 Å². The Bertz CT molecular complexity index is 813. The van der Waals surface area contributed by atoms with Crippen molar-refractivity contribution in [2.45, 2.75) is 38.5 Å². The number of likely N-dealkylation sites (N-methyl/N-ethyl adjacent to an activating group) is 1. The predicted octanol–water partition coefficient (Wildman–Crippen LogP) is 1.29. The van der Waals surface area contributed by atoms with Crippen LogP contribution in [0.2, 0.25) is 0 Å². The van der Waals surface area contributed by atoms with Gasteiger partial charge in [-0.2, -0.15) is 0 Å². The first kappa shape index (κ1) is 19.3. The fourth-order valence-corrected chi connectivity index (χ4v) is 7.09. The zero-order valence-electron chi connectivity index (χ0n) is 13.4. The molecule has 1 amide bonds. The van der Waals surface area contributed by atoms with Gasteiger partial charge in [0.15, 0.2) is 9.84 Å². The molecule has 2 rings (SSSR count). The molecule has 0 aromatic heterocycles. The van der Waals surface area contributed by atoms with E-state index in [4.69, 9.17) is 9.88 Å². The van der Waals surface area contributed by atoms with Crippen molar-refractivity contribution in [3.05, 3.63) is 26.7 Å². The van der Waals surface area contributed by atoms with E-state index in [0.717, 1.165) is 0 Å². The van der Waals surface area contributed by atoms with E-state index in [1.165, 1.54) is 24.5 Å². The SMILES string of the molecule is C[CH]OC(=O)N(CC)[C@H]1C=C(S(N)(=O)=O)SC2=C1C[C@H](C)S2(=O)=O. The van der Waals surface area contributed by atoms with Crippen LogP contribution in [0.1, 0.15) is 27.2 Å². The Morgan fingerprint density at radius 2 is 2.17 bits per heavy atom. The first-order valence-electron chi connectivity index (χ1n) is 7.18. The Labute approximate surface area is 146 Å². The summed E-state index contributed by atoms with van der Waals surface area (Å²) in [6.07, 6.45) is 0.849. The topological polar surface area (TPSA) is 124 Å². The summed E-state index contributed by atoms with van der Waals surface area (Å²) < 4.78 is 53.0. The van der Waals surface area contributed by atoms with Crippen LogP contribution in [0.5, 0.6) is 0 Å². The van der Waals surface area contributed by atoms with E-state index in [-0.39, 0.29) is 21.4 Å². The van der Waals surface area contributed by atoms with Gasteiger partial charge in [-0.1, -0.05) is 11.8 Å². The molecule has 0 aromatic carbocycles. The third kappa shape index (κ3) is 3.35. The first-order chi connectivity index (χ1) is 11.0. The number of ether oxygens (including phenoxy) is 1. The number of sulfonamides is 1.